The zero-order chi connectivity index (χ0) is 23.7. The summed E-state index contributed by atoms with van der Waals surface area (Å²) in [5, 5.41) is 15.7. The van der Waals surface area contributed by atoms with Crippen LogP contribution in [0.1, 0.15) is 31.2 Å². The van der Waals surface area contributed by atoms with E-state index in [1.54, 1.807) is 10.6 Å². The van der Waals surface area contributed by atoms with Crippen molar-refractivity contribution >= 4 is 28.1 Å². The number of piperidine rings is 1. The zero-order valence-electron chi connectivity index (χ0n) is 18.8. The van der Waals surface area contributed by atoms with E-state index in [2.05, 4.69) is 37.5 Å². The van der Waals surface area contributed by atoms with Gasteiger partial charge in [0, 0.05) is 49.4 Å². The number of aryl methyl sites for hydroxylation is 1. The minimum Gasteiger partial charge on any atom is -0.371 e. The average Bonchev–Trinajstić information content (AvgIpc) is 3.41. The normalized spacial score (nSPS) is 16.3. The van der Waals surface area contributed by atoms with E-state index in [0.29, 0.717) is 35.6 Å². The van der Waals surface area contributed by atoms with Crippen molar-refractivity contribution in [1.82, 2.24) is 26.0 Å². The second kappa shape index (κ2) is 9.10. The third-order valence-electron chi connectivity index (χ3n) is 6.50. The van der Waals surface area contributed by atoms with E-state index in [0.717, 1.165) is 43.0 Å². The van der Waals surface area contributed by atoms with E-state index < -0.39 is 4.92 Å². The van der Waals surface area contributed by atoms with Crippen molar-refractivity contribution in [2.24, 2.45) is 11.0 Å². The summed E-state index contributed by atoms with van der Waals surface area (Å²) >= 11 is 0. The highest BCUT2D eigenvalue weighted by Crippen LogP contribution is 2.28. The lowest BCUT2D eigenvalue weighted by atomic mass is 9.95. The number of rotatable bonds is 6. The number of nitrogens with zero attached hydrogens (tertiary/aromatic N) is 5. The Balaban J connectivity index is 1.36. The maximum absolute atomic E-state index is 13.3. The number of fused-ring (bicyclic) bond motifs is 1. The first-order valence-corrected chi connectivity index (χ1v) is 11.4. The summed E-state index contributed by atoms with van der Waals surface area (Å²) < 4.78 is 1.72. The Morgan fingerprint density at radius 3 is 2.68 bits per heavy atom. The van der Waals surface area contributed by atoms with Gasteiger partial charge in [0.15, 0.2) is 5.84 Å². The molecule has 2 aliphatic heterocycles. The number of hydrazine groups is 2. The van der Waals surface area contributed by atoms with E-state index in [-0.39, 0.29) is 11.2 Å². The fraction of sp³-hybridized carbons (Fsp3) is 0.348. The standard InChI is InChI=1S/C23H26N8O3/c1-2-21-24-19-8-7-16(31(33)34)13-18(19)23(32)30(21)14-15-9-11-29(12-10-15)20-6-4-3-5-17(20)22-25-27-28-26-22/h3-8,13,15,27-28H,2,9-12,14H2,1H3,(H,25,26). The molecule has 0 atom stereocenters. The molecule has 1 fully saturated rings. The maximum atomic E-state index is 13.3. The number of nitro groups is 1. The molecule has 0 bridgehead atoms. The first kappa shape index (κ1) is 21.8. The molecule has 2 aromatic carbocycles. The number of hydrogen-bond donors (Lipinski definition) is 3. The van der Waals surface area contributed by atoms with Crippen LogP contribution in [0.3, 0.4) is 0 Å². The third-order valence-corrected chi connectivity index (χ3v) is 6.50. The van der Waals surface area contributed by atoms with E-state index in [4.69, 9.17) is 0 Å². The van der Waals surface area contributed by atoms with Crippen LogP contribution in [-0.2, 0) is 13.0 Å². The molecule has 3 N–H and O–H groups in total. The number of aromatic nitrogens is 2. The molecule has 0 aliphatic carbocycles. The van der Waals surface area contributed by atoms with Crippen molar-refractivity contribution in [3.8, 4) is 0 Å². The molecule has 0 amide bonds. The molecule has 0 unspecified atom stereocenters. The summed E-state index contributed by atoms with van der Waals surface area (Å²) in [7, 11) is 0. The van der Waals surface area contributed by atoms with Crippen molar-refractivity contribution in [1.29, 1.82) is 0 Å². The van der Waals surface area contributed by atoms with Crippen LogP contribution in [-0.4, -0.2) is 33.4 Å². The van der Waals surface area contributed by atoms with Crippen molar-refractivity contribution < 1.29 is 4.92 Å². The monoisotopic (exact) mass is 462 g/mol. The number of hydrazone groups is 1. The molecule has 0 saturated carbocycles. The second-order valence-electron chi connectivity index (χ2n) is 8.53. The number of anilines is 1. The van der Waals surface area contributed by atoms with Crippen molar-refractivity contribution in [2.75, 3.05) is 18.0 Å². The molecule has 5 rings (SSSR count). The van der Waals surface area contributed by atoms with Gasteiger partial charge in [-0.1, -0.05) is 19.1 Å². The predicted octanol–water partition coefficient (Wildman–Crippen LogP) is 2.06. The van der Waals surface area contributed by atoms with Gasteiger partial charge >= 0.3 is 0 Å². The third kappa shape index (κ3) is 4.05. The summed E-state index contributed by atoms with van der Waals surface area (Å²) in [5.74, 6) is 1.77. The molecule has 0 spiro atoms. The van der Waals surface area contributed by atoms with Gasteiger partial charge in [-0.15, -0.1) is 10.6 Å². The van der Waals surface area contributed by atoms with Crippen molar-refractivity contribution in [3.63, 3.8) is 0 Å². The van der Waals surface area contributed by atoms with Crippen LogP contribution in [0.4, 0.5) is 11.4 Å². The van der Waals surface area contributed by atoms with Crippen LogP contribution in [0.25, 0.3) is 10.9 Å². The Morgan fingerprint density at radius 2 is 1.97 bits per heavy atom. The Bertz CT molecular complexity index is 1330. The Morgan fingerprint density at radius 1 is 1.18 bits per heavy atom. The van der Waals surface area contributed by atoms with Crippen LogP contribution in [0.15, 0.2) is 52.4 Å². The summed E-state index contributed by atoms with van der Waals surface area (Å²) in [6.45, 7) is 4.25. The smallest absolute Gasteiger partial charge is 0.270 e. The fourth-order valence-electron chi connectivity index (χ4n) is 4.72. The van der Waals surface area contributed by atoms with Gasteiger partial charge in [-0.2, -0.15) is 0 Å². The van der Waals surface area contributed by atoms with Gasteiger partial charge in [-0.3, -0.25) is 24.9 Å². The lowest BCUT2D eigenvalue weighted by molar-refractivity contribution is -0.384. The highest BCUT2D eigenvalue weighted by atomic mass is 16.6. The zero-order valence-corrected chi connectivity index (χ0v) is 18.8. The molecule has 176 valence electrons. The quantitative estimate of drug-likeness (QED) is 0.375. The molecular formula is C23H26N8O3. The average molecular weight is 463 g/mol. The summed E-state index contributed by atoms with van der Waals surface area (Å²) in [5.41, 5.74) is 10.8. The number of benzene rings is 2. The van der Waals surface area contributed by atoms with Gasteiger partial charge in [-0.05, 0) is 37.0 Å². The minimum absolute atomic E-state index is 0.0964. The Kier molecular flexibility index (Phi) is 5.84. The van der Waals surface area contributed by atoms with Crippen LogP contribution in [0.5, 0.6) is 0 Å². The van der Waals surface area contributed by atoms with Gasteiger partial charge in [0.05, 0.1) is 15.8 Å². The fourth-order valence-corrected chi connectivity index (χ4v) is 4.72. The van der Waals surface area contributed by atoms with Crippen molar-refractivity contribution in [2.45, 2.75) is 32.7 Å². The number of nitro benzene ring substituents is 1. The first-order chi connectivity index (χ1) is 16.5. The van der Waals surface area contributed by atoms with Crippen LogP contribution in [0, 0.1) is 16.0 Å². The van der Waals surface area contributed by atoms with Gasteiger partial charge in [0.1, 0.15) is 5.82 Å². The molecule has 1 saturated heterocycles. The van der Waals surface area contributed by atoms with Gasteiger partial charge in [-0.25, -0.2) is 10.5 Å². The highest BCUT2D eigenvalue weighted by Gasteiger charge is 2.25. The van der Waals surface area contributed by atoms with Gasteiger partial charge < -0.3 is 4.90 Å². The molecular weight excluding hydrogens is 436 g/mol. The number of amidine groups is 1. The number of non-ortho nitro benzene ring substituents is 1. The lowest BCUT2D eigenvalue weighted by Gasteiger charge is -2.35. The summed E-state index contributed by atoms with van der Waals surface area (Å²) in [4.78, 5) is 31.0. The number of hydrogen-bond acceptors (Lipinski definition) is 9. The topological polar surface area (TPSA) is 130 Å². The predicted molar refractivity (Wildman–Crippen MR) is 129 cm³/mol. The second-order valence-corrected chi connectivity index (χ2v) is 8.53. The molecule has 0 radical (unpaired) electrons. The molecule has 3 heterocycles. The molecule has 11 nitrogen and oxygen atoms in total. The Hall–Kier alpha value is -3.99. The summed E-state index contributed by atoms with van der Waals surface area (Å²) in [6, 6.07) is 12.4. The van der Waals surface area contributed by atoms with Crippen molar-refractivity contribution in [3.05, 3.63) is 74.3 Å². The SMILES string of the molecule is CCc1nc2ccc([N+](=O)[O-])cc2c(=O)n1CC1CCN(c2ccccc2C2=NNNN2)CC1. The number of para-hydroxylation sites is 1. The van der Waals surface area contributed by atoms with Crippen LogP contribution in [0.2, 0.25) is 0 Å². The molecule has 11 heteroatoms. The van der Waals surface area contributed by atoms with E-state index >= 15 is 0 Å². The van der Waals surface area contributed by atoms with E-state index in [1.807, 2.05) is 25.1 Å². The minimum atomic E-state index is -0.483. The largest absolute Gasteiger partial charge is 0.371 e. The van der Waals surface area contributed by atoms with Crippen LogP contribution < -0.4 is 27.0 Å². The summed E-state index contributed by atoms with van der Waals surface area (Å²) in [6.07, 6.45) is 2.46. The lowest BCUT2D eigenvalue weighted by Crippen LogP contribution is -2.39. The van der Waals surface area contributed by atoms with Gasteiger partial charge in [0.2, 0.25) is 0 Å². The Labute approximate surface area is 195 Å². The molecule has 3 aromatic rings. The first-order valence-electron chi connectivity index (χ1n) is 11.4. The van der Waals surface area contributed by atoms with Crippen LogP contribution >= 0.6 is 0 Å². The van der Waals surface area contributed by atoms with E-state index in [1.165, 1.54) is 12.1 Å². The molecule has 1 aromatic heterocycles. The van der Waals surface area contributed by atoms with Gasteiger partial charge in [0.25, 0.3) is 11.2 Å². The maximum Gasteiger partial charge on any atom is 0.270 e. The molecule has 34 heavy (non-hydrogen) atoms. The van der Waals surface area contributed by atoms with E-state index in [9.17, 15) is 14.9 Å². The molecule has 2 aliphatic rings. The highest BCUT2D eigenvalue weighted by molar-refractivity contribution is 6.03. The number of nitrogens with one attached hydrogen (secondary N) is 3.